The summed E-state index contributed by atoms with van der Waals surface area (Å²) in [6.07, 6.45) is 0.300. The molecule has 1 aliphatic heterocycles. The number of aryl methyl sites for hydroxylation is 1. The van der Waals surface area contributed by atoms with E-state index in [1.165, 1.54) is 10.4 Å². The third-order valence-electron chi connectivity index (χ3n) is 4.89. The average molecular weight is 446 g/mol. The van der Waals surface area contributed by atoms with Crippen molar-refractivity contribution in [1.29, 1.82) is 0 Å². The molecule has 0 N–H and O–H groups in total. The number of aromatic nitrogens is 2. The van der Waals surface area contributed by atoms with E-state index in [0.29, 0.717) is 29.8 Å². The van der Waals surface area contributed by atoms with Gasteiger partial charge in [-0.05, 0) is 54.6 Å². The Kier molecular flexibility index (Phi) is 6.15. The summed E-state index contributed by atoms with van der Waals surface area (Å²) >= 11 is 7.59. The second kappa shape index (κ2) is 8.97. The third kappa shape index (κ3) is 4.71. The highest BCUT2D eigenvalue weighted by atomic mass is 35.5. The van der Waals surface area contributed by atoms with E-state index in [-0.39, 0.29) is 18.7 Å². The first-order valence-electron chi connectivity index (χ1n) is 9.61. The molecule has 0 aliphatic carbocycles. The number of nitrogens with zero attached hydrogens (tertiary/aromatic N) is 3. The van der Waals surface area contributed by atoms with Crippen LogP contribution in [-0.4, -0.2) is 39.6 Å². The number of hydrogen-bond donors (Lipinski definition) is 0. The van der Waals surface area contributed by atoms with Gasteiger partial charge < -0.3 is 14.2 Å². The fourth-order valence-electron chi connectivity index (χ4n) is 3.28. The summed E-state index contributed by atoms with van der Waals surface area (Å²) < 4.78 is 10.5. The number of carbonyl (C=O) groups excluding carboxylic acids is 2. The molecule has 30 heavy (non-hydrogen) atoms. The van der Waals surface area contributed by atoms with Crippen molar-refractivity contribution in [2.75, 3.05) is 6.54 Å². The van der Waals surface area contributed by atoms with Crippen LogP contribution in [0.25, 0.3) is 11.4 Å². The van der Waals surface area contributed by atoms with E-state index < -0.39 is 12.1 Å². The maximum atomic E-state index is 12.6. The quantitative estimate of drug-likeness (QED) is 0.535. The molecule has 1 aliphatic rings. The van der Waals surface area contributed by atoms with E-state index in [2.05, 4.69) is 10.1 Å². The normalized spacial score (nSPS) is 14.3. The molecule has 1 amide bonds. The van der Waals surface area contributed by atoms with Crippen LogP contribution in [0.1, 0.15) is 29.7 Å². The van der Waals surface area contributed by atoms with Crippen LogP contribution in [0.3, 0.4) is 0 Å². The monoisotopic (exact) mass is 445 g/mol. The smallest absolute Gasteiger partial charge is 0.307 e. The number of benzene rings is 1. The zero-order valence-corrected chi connectivity index (χ0v) is 17.9. The van der Waals surface area contributed by atoms with E-state index in [9.17, 15) is 9.59 Å². The number of thiophene rings is 1. The molecule has 0 saturated heterocycles. The molecule has 1 aromatic carbocycles. The van der Waals surface area contributed by atoms with Crippen LogP contribution in [-0.2, 0) is 33.7 Å². The van der Waals surface area contributed by atoms with Crippen molar-refractivity contribution in [3.8, 4) is 11.4 Å². The Morgan fingerprint density at radius 2 is 2.10 bits per heavy atom. The summed E-state index contributed by atoms with van der Waals surface area (Å²) in [7, 11) is 0. The minimum atomic E-state index is -0.829. The van der Waals surface area contributed by atoms with E-state index in [1.807, 2.05) is 11.4 Å². The summed E-state index contributed by atoms with van der Waals surface area (Å²) in [4.78, 5) is 32.2. The number of fused-ring (bicyclic) bond motifs is 1. The van der Waals surface area contributed by atoms with E-state index in [4.69, 9.17) is 20.9 Å². The lowest BCUT2D eigenvalue weighted by molar-refractivity contribution is -0.159. The van der Waals surface area contributed by atoms with Crippen molar-refractivity contribution < 1.29 is 18.8 Å². The molecule has 0 spiro atoms. The minimum Gasteiger partial charge on any atom is -0.453 e. The fourth-order valence-corrected chi connectivity index (χ4v) is 4.30. The summed E-state index contributed by atoms with van der Waals surface area (Å²) in [6, 6.07) is 9.10. The number of hydrogen-bond acceptors (Lipinski definition) is 7. The number of esters is 1. The molecule has 4 rings (SSSR count). The van der Waals surface area contributed by atoms with Gasteiger partial charge in [-0.2, -0.15) is 4.98 Å². The van der Waals surface area contributed by atoms with Crippen molar-refractivity contribution in [2.45, 2.75) is 38.8 Å². The van der Waals surface area contributed by atoms with E-state index in [0.717, 1.165) is 12.0 Å². The Morgan fingerprint density at radius 3 is 2.90 bits per heavy atom. The van der Waals surface area contributed by atoms with Gasteiger partial charge in [0, 0.05) is 35.0 Å². The Hall–Kier alpha value is -2.71. The number of amides is 1. The van der Waals surface area contributed by atoms with Gasteiger partial charge in [-0.3, -0.25) is 9.59 Å². The van der Waals surface area contributed by atoms with Crippen molar-refractivity contribution in [2.24, 2.45) is 0 Å². The summed E-state index contributed by atoms with van der Waals surface area (Å²) in [5, 5.41) is 6.58. The molecular weight excluding hydrogens is 426 g/mol. The topological polar surface area (TPSA) is 85.5 Å². The SMILES string of the molecule is CC(OC(=O)CCc1nc(-c2ccc(Cl)cc2)no1)C(=O)N1CCc2sccc2C1. The number of carbonyl (C=O) groups is 2. The lowest BCUT2D eigenvalue weighted by Gasteiger charge is -2.29. The zero-order valence-electron chi connectivity index (χ0n) is 16.3. The van der Waals surface area contributed by atoms with Crippen LogP contribution < -0.4 is 0 Å². The predicted octanol–water partition coefficient (Wildman–Crippen LogP) is 3.90. The molecule has 156 valence electrons. The van der Waals surface area contributed by atoms with Gasteiger partial charge in [-0.1, -0.05) is 16.8 Å². The largest absolute Gasteiger partial charge is 0.453 e. The Balaban J connectivity index is 1.26. The second-order valence-corrected chi connectivity index (χ2v) is 8.47. The van der Waals surface area contributed by atoms with Crippen LogP contribution in [0, 0.1) is 0 Å². The van der Waals surface area contributed by atoms with Gasteiger partial charge in [-0.25, -0.2) is 0 Å². The first-order chi connectivity index (χ1) is 14.5. The maximum absolute atomic E-state index is 12.6. The lowest BCUT2D eigenvalue weighted by atomic mass is 10.1. The van der Waals surface area contributed by atoms with E-state index >= 15 is 0 Å². The summed E-state index contributed by atoms with van der Waals surface area (Å²) in [5.74, 6) is 0.103. The minimum absolute atomic E-state index is 0.0501. The number of rotatable bonds is 6. The molecule has 3 aromatic rings. The molecule has 1 atom stereocenters. The van der Waals surface area contributed by atoms with Crippen molar-refractivity contribution in [3.05, 3.63) is 57.1 Å². The van der Waals surface area contributed by atoms with Gasteiger partial charge in [0.15, 0.2) is 6.10 Å². The average Bonchev–Trinajstić information content (AvgIpc) is 3.41. The first kappa shape index (κ1) is 20.6. The molecule has 0 fully saturated rings. The molecule has 3 heterocycles. The van der Waals surface area contributed by atoms with Crippen LogP contribution in [0.2, 0.25) is 5.02 Å². The molecule has 0 radical (unpaired) electrons. The summed E-state index contributed by atoms with van der Waals surface area (Å²) in [5.41, 5.74) is 1.94. The third-order valence-corrected chi connectivity index (χ3v) is 6.16. The second-order valence-electron chi connectivity index (χ2n) is 7.03. The molecule has 2 aromatic heterocycles. The zero-order chi connectivity index (χ0) is 21.1. The Bertz CT molecular complexity index is 1050. The van der Waals surface area contributed by atoms with Crippen LogP contribution in [0.15, 0.2) is 40.2 Å². The van der Waals surface area contributed by atoms with Crippen LogP contribution in [0.4, 0.5) is 0 Å². The molecular formula is C21H20ClN3O4S. The molecule has 0 saturated carbocycles. The number of halogens is 1. The van der Waals surface area contributed by atoms with Crippen LogP contribution in [0.5, 0.6) is 0 Å². The molecule has 7 nitrogen and oxygen atoms in total. The molecule has 9 heteroatoms. The Labute approximate surface area is 182 Å². The molecule has 1 unspecified atom stereocenters. The van der Waals surface area contributed by atoms with Gasteiger partial charge in [-0.15, -0.1) is 11.3 Å². The van der Waals surface area contributed by atoms with Crippen molar-refractivity contribution in [1.82, 2.24) is 15.0 Å². The van der Waals surface area contributed by atoms with Gasteiger partial charge in [0.25, 0.3) is 5.91 Å². The summed E-state index contributed by atoms with van der Waals surface area (Å²) in [6.45, 7) is 2.81. The number of ether oxygens (including phenoxy) is 1. The first-order valence-corrected chi connectivity index (χ1v) is 10.9. The predicted molar refractivity (Wildman–Crippen MR) is 112 cm³/mol. The highest BCUT2D eigenvalue weighted by molar-refractivity contribution is 7.10. The van der Waals surface area contributed by atoms with Crippen molar-refractivity contribution in [3.63, 3.8) is 0 Å². The lowest BCUT2D eigenvalue weighted by Crippen LogP contribution is -2.42. The van der Waals surface area contributed by atoms with Gasteiger partial charge in [0.05, 0.1) is 6.42 Å². The highest BCUT2D eigenvalue weighted by Crippen LogP contribution is 2.24. The fraction of sp³-hybridized carbons (Fsp3) is 0.333. The Morgan fingerprint density at radius 1 is 1.30 bits per heavy atom. The van der Waals surface area contributed by atoms with Gasteiger partial charge >= 0.3 is 5.97 Å². The maximum Gasteiger partial charge on any atom is 0.307 e. The van der Waals surface area contributed by atoms with Gasteiger partial charge in [0.1, 0.15) is 0 Å². The molecule has 0 bridgehead atoms. The van der Waals surface area contributed by atoms with E-state index in [1.54, 1.807) is 47.4 Å². The van der Waals surface area contributed by atoms with Gasteiger partial charge in [0.2, 0.25) is 11.7 Å². The standard InChI is InChI=1S/C21H20ClN3O4S/c1-13(21(27)25-10-8-17-15(12-25)9-11-30-17)28-19(26)7-6-18-23-20(24-29-18)14-2-4-16(22)5-3-14/h2-5,9,11,13H,6-8,10,12H2,1H3. The van der Waals surface area contributed by atoms with Crippen LogP contribution >= 0.6 is 22.9 Å². The highest BCUT2D eigenvalue weighted by Gasteiger charge is 2.27. The van der Waals surface area contributed by atoms with Crippen molar-refractivity contribution >= 4 is 34.8 Å².